The molecule has 4 rings (SSSR count). The van der Waals surface area contributed by atoms with Gasteiger partial charge in [0.15, 0.2) is 0 Å². The molecule has 6 nitrogen and oxygen atoms in total. The average molecular weight is 453 g/mol. The summed E-state index contributed by atoms with van der Waals surface area (Å²) in [6.07, 6.45) is 0. The van der Waals surface area contributed by atoms with Gasteiger partial charge in [-0.25, -0.2) is 0 Å². The largest absolute Gasteiger partial charge is 0.497 e. The fraction of sp³-hybridized carbons (Fsp3) is 0.360. The molecule has 0 bridgehead atoms. The van der Waals surface area contributed by atoms with E-state index in [2.05, 4.69) is 22.1 Å². The van der Waals surface area contributed by atoms with Gasteiger partial charge < -0.3 is 9.64 Å². The van der Waals surface area contributed by atoms with Crippen molar-refractivity contribution in [2.45, 2.75) is 26.9 Å². The number of amides is 1. The number of ether oxygens (including phenoxy) is 1. The molecule has 1 saturated heterocycles. The first-order valence-electron chi connectivity index (χ1n) is 10.9. The van der Waals surface area contributed by atoms with Crippen molar-refractivity contribution in [3.8, 4) is 5.75 Å². The van der Waals surface area contributed by atoms with Gasteiger partial charge in [-0.1, -0.05) is 35.9 Å². The van der Waals surface area contributed by atoms with Crippen LogP contribution < -0.4 is 4.74 Å². The standard InChI is InChI=1S/C25H29ClN4O2/c1-18-24(26)19(2)30(27-18)17-20-7-9-22(10-8-20)25(31)29-13-11-28(12-14-29)16-21-5-4-6-23(15-21)32-3/h4-10,15H,11-14,16-17H2,1-3H3. The van der Waals surface area contributed by atoms with Crippen LogP contribution in [0.2, 0.25) is 5.02 Å². The number of methoxy groups -OCH3 is 1. The highest BCUT2D eigenvalue weighted by atomic mass is 35.5. The first-order chi connectivity index (χ1) is 15.4. The molecule has 2 heterocycles. The average Bonchev–Trinajstić information content (AvgIpc) is 3.06. The number of hydrogen-bond acceptors (Lipinski definition) is 4. The SMILES string of the molecule is COc1cccc(CN2CCN(C(=O)c3ccc(Cn4nc(C)c(Cl)c4C)cc3)CC2)c1. The molecule has 0 saturated carbocycles. The van der Waals surface area contributed by atoms with Crippen LogP contribution in [0, 0.1) is 13.8 Å². The van der Waals surface area contributed by atoms with Crippen LogP contribution in [-0.4, -0.2) is 58.8 Å². The molecule has 1 aliphatic rings. The zero-order chi connectivity index (χ0) is 22.7. The van der Waals surface area contributed by atoms with Gasteiger partial charge in [0.2, 0.25) is 0 Å². The minimum atomic E-state index is 0.0896. The molecule has 0 N–H and O–H groups in total. The third kappa shape index (κ3) is 4.97. The number of nitrogens with zero attached hydrogens (tertiary/aromatic N) is 4. The van der Waals surface area contributed by atoms with Crippen LogP contribution in [-0.2, 0) is 13.1 Å². The summed E-state index contributed by atoms with van der Waals surface area (Å²) < 4.78 is 7.21. The minimum Gasteiger partial charge on any atom is -0.497 e. The predicted octanol–water partition coefficient (Wildman–Crippen LogP) is 4.17. The van der Waals surface area contributed by atoms with Gasteiger partial charge in [-0.05, 0) is 49.2 Å². The van der Waals surface area contributed by atoms with Crippen LogP contribution >= 0.6 is 11.6 Å². The van der Waals surface area contributed by atoms with Crippen molar-refractivity contribution in [2.24, 2.45) is 0 Å². The van der Waals surface area contributed by atoms with Crippen molar-refractivity contribution in [3.63, 3.8) is 0 Å². The molecule has 32 heavy (non-hydrogen) atoms. The maximum Gasteiger partial charge on any atom is 0.253 e. The topological polar surface area (TPSA) is 50.6 Å². The monoisotopic (exact) mass is 452 g/mol. The summed E-state index contributed by atoms with van der Waals surface area (Å²) in [5.74, 6) is 0.965. The normalized spacial score (nSPS) is 14.6. The maximum absolute atomic E-state index is 13.0. The number of aromatic nitrogens is 2. The summed E-state index contributed by atoms with van der Waals surface area (Å²) in [4.78, 5) is 17.3. The van der Waals surface area contributed by atoms with Crippen molar-refractivity contribution < 1.29 is 9.53 Å². The third-order valence-electron chi connectivity index (χ3n) is 6.03. The third-order valence-corrected chi connectivity index (χ3v) is 6.57. The van der Waals surface area contributed by atoms with E-state index >= 15 is 0 Å². The Labute approximate surface area is 194 Å². The Hall–Kier alpha value is -2.83. The lowest BCUT2D eigenvalue weighted by atomic mass is 10.1. The molecular formula is C25H29ClN4O2. The second-order valence-corrected chi connectivity index (χ2v) is 8.64. The van der Waals surface area contributed by atoms with Crippen LogP contribution in [0.4, 0.5) is 0 Å². The lowest BCUT2D eigenvalue weighted by Gasteiger charge is -2.34. The predicted molar refractivity (Wildman–Crippen MR) is 126 cm³/mol. The first kappa shape index (κ1) is 22.4. The molecule has 1 amide bonds. The number of aryl methyl sites for hydroxylation is 1. The zero-order valence-corrected chi connectivity index (χ0v) is 19.6. The van der Waals surface area contributed by atoms with Crippen molar-refractivity contribution in [1.82, 2.24) is 19.6 Å². The molecule has 1 aliphatic heterocycles. The zero-order valence-electron chi connectivity index (χ0n) is 18.8. The molecule has 1 fully saturated rings. The molecule has 168 valence electrons. The molecule has 0 radical (unpaired) electrons. The Bertz CT molecular complexity index is 1090. The number of benzene rings is 2. The fourth-order valence-corrected chi connectivity index (χ4v) is 4.21. The Balaban J connectivity index is 1.32. The highest BCUT2D eigenvalue weighted by Crippen LogP contribution is 2.20. The molecule has 0 aliphatic carbocycles. The van der Waals surface area contributed by atoms with E-state index in [9.17, 15) is 4.79 Å². The number of carbonyl (C=O) groups excluding carboxylic acids is 1. The molecule has 0 atom stereocenters. The maximum atomic E-state index is 13.0. The van der Waals surface area contributed by atoms with Gasteiger partial charge >= 0.3 is 0 Å². The summed E-state index contributed by atoms with van der Waals surface area (Å²) in [6, 6.07) is 16.0. The van der Waals surface area contributed by atoms with Crippen molar-refractivity contribution >= 4 is 17.5 Å². The van der Waals surface area contributed by atoms with Crippen LogP contribution in [0.15, 0.2) is 48.5 Å². The van der Waals surface area contributed by atoms with Crippen LogP contribution in [0.3, 0.4) is 0 Å². The highest BCUT2D eigenvalue weighted by molar-refractivity contribution is 6.31. The van der Waals surface area contributed by atoms with Gasteiger partial charge in [0, 0.05) is 38.3 Å². The van der Waals surface area contributed by atoms with Gasteiger partial charge in [-0.15, -0.1) is 0 Å². The Morgan fingerprint density at radius 1 is 1.00 bits per heavy atom. The van der Waals surface area contributed by atoms with Crippen molar-refractivity contribution in [2.75, 3.05) is 33.3 Å². The molecular weight excluding hydrogens is 424 g/mol. The number of rotatable bonds is 6. The van der Waals surface area contributed by atoms with E-state index in [0.29, 0.717) is 11.6 Å². The fourth-order valence-electron chi connectivity index (χ4n) is 4.08. The Morgan fingerprint density at radius 3 is 2.34 bits per heavy atom. The second kappa shape index (κ2) is 9.76. The lowest BCUT2D eigenvalue weighted by molar-refractivity contribution is 0.0628. The van der Waals surface area contributed by atoms with Crippen LogP contribution in [0.1, 0.15) is 32.9 Å². The molecule has 0 unspecified atom stereocenters. The van der Waals surface area contributed by atoms with Gasteiger partial charge in [-0.2, -0.15) is 5.10 Å². The Morgan fingerprint density at radius 2 is 1.72 bits per heavy atom. The second-order valence-electron chi connectivity index (χ2n) is 8.26. The number of carbonyl (C=O) groups is 1. The Kier molecular flexibility index (Phi) is 6.82. The van der Waals surface area contributed by atoms with Crippen LogP contribution in [0.25, 0.3) is 0 Å². The van der Waals surface area contributed by atoms with Gasteiger partial charge in [0.25, 0.3) is 5.91 Å². The molecule has 2 aromatic carbocycles. The van der Waals surface area contributed by atoms with Crippen LogP contribution in [0.5, 0.6) is 5.75 Å². The summed E-state index contributed by atoms with van der Waals surface area (Å²) in [7, 11) is 1.69. The van der Waals surface area contributed by atoms with E-state index in [-0.39, 0.29) is 5.91 Å². The van der Waals surface area contributed by atoms with Gasteiger partial charge in [0.05, 0.1) is 30.1 Å². The molecule has 0 spiro atoms. The summed E-state index contributed by atoms with van der Waals surface area (Å²) in [5.41, 5.74) is 4.83. The molecule has 1 aromatic heterocycles. The lowest BCUT2D eigenvalue weighted by Crippen LogP contribution is -2.48. The minimum absolute atomic E-state index is 0.0896. The van der Waals surface area contributed by atoms with E-state index in [1.165, 1.54) is 5.56 Å². The van der Waals surface area contributed by atoms with E-state index in [1.807, 2.05) is 59.8 Å². The van der Waals surface area contributed by atoms with E-state index in [4.69, 9.17) is 16.3 Å². The number of piperazine rings is 1. The van der Waals surface area contributed by atoms with Gasteiger partial charge in [-0.3, -0.25) is 14.4 Å². The van der Waals surface area contributed by atoms with Crippen molar-refractivity contribution in [1.29, 1.82) is 0 Å². The van der Waals surface area contributed by atoms with E-state index in [0.717, 1.165) is 61.0 Å². The summed E-state index contributed by atoms with van der Waals surface area (Å²) in [6.45, 7) is 8.56. The van der Waals surface area contributed by atoms with Gasteiger partial charge in [0.1, 0.15) is 5.75 Å². The first-order valence-corrected chi connectivity index (χ1v) is 11.3. The molecule has 3 aromatic rings. The highest BCUT2D eigenvalue weighted by Gasteiger charge is 2.22. The summed E-state index contributed by atoms with van der Waals surface area (Å²) in [5, 5.41) is 5.19. The quantitative estimate of drug-likeness (QED) is 0.563. The van der Waals surface area contributed by atoms with E-state index < -0.39 is 0 Å². The smallest absolute Gasteiger partial charge is 0.253 e. The summed E-state index contributed by atoms with van der Waals surface area (Å²) >= 11 is 6.24. The van der Waals surface area contributed by atoms with E-state index in [1.54, 1.807) is 7.11 Å². The van der Waals surface area contributed by atoms with Crippen molar-refractivity contribution in [3.05, 3.63) is 81.6 Å². The number of hydrogen-bond donors (Lipinski definition) is 0. The number of halogens is 1. The molecule has 7 heteroatoms.